The van der Waals surface area contributed by atoms with Crippen LogP contribution in [0.5, 0.6) is 11.5 Å². The van der Waals surface area contributed by atoms with Crippen molar-refractivity contribution in [2.45, 2.75) is 37.7 Å². The molecule has 1 heterocycles. The summed E-state index contributed by atoms with van der Waals surface area (Å²) in [6.07, 6.45) is 5.86. The van der Waals surface area contributed by atoms with Gasteiger partial charge in [-0.2, -0.15) is 0 Å². The molecule has 14 heavy (non-hydrogen) atoms. The highest BCUT2D eigenvalue weighted by Crippen LogP contribution is 2.45. The molecule has 1 aromatic carbocycles. The van der Waals surface area contributed by atoms with Crippen LogP contribution in [0.4, 0.5) is 0 Å². The normalized spacial score (nSPS) is 22.3. The molecule has 1 saturated carbocycles. The number of ether oxygens (including phenoxy) is 1. The molecule has 1 aromatic rings. The molecule has 1 N–H and O–H groups in total. The van der Waals surface area contributed by atoms with Crippen LogP contribution in [0.3, 0.4) is 0 Å². The SMILES string of the molecule is Oc1ccc2c(c1)CCC1(CCC1)O2. The predicted octanol–water partition coefficient (Wildman–Crippen LogP) is 2.64. The highest BCUT2D eigenvalue weighted by Gasteiger charge is 2.41. The van der Waals surface area contributed by atoms with E-state index in [1.54, 1.807) is 6.07 Å². The topological polar surface area (TPSA) is 29.5 Å². The molecule has 1 spiro atoms. The first-order valence-corrected chi connectivity index (χ1v) is 5.28. The Balaban J connectivity index is 1.94. The highest BCUT2D eigenvalue weighted by atomic mass is 16.5. The molecule has 3 rings (SSSR count). The molecular weight excluding hydrogens is 176 g/mol. The second-order valence-electron chi connectivity index (χ2n) is 4.43. The van der Waals surface area contributed by atoms with Crippen LogP contribution in [-0.4, -0.2) is 10.7 Å². The van der Waals surface area contributed by atoms with Crippen LogP contribution >= 0.6 is 0 Å². The Morgan fingerprint density at radius 3 is 2.79 bits per heavy atom. The summed E-state index contributed by atoms with van der Waals surface area (Å²) >= 11 is 0. The molecule has 0 atom stereocenters. The molecule has 0 bridgehead atoms. The van der Waals surface area contributed by atoms with Crippen LogP contribution in [-0.2, 0) is 6.42 Å². The summed E-state index contributed by atoms with van der Waals surface area (Å²) in [6, 6.07) is 5.42. The zero-order valence-electron chi connectivity index (χ0n) is 8.12. The predicted molar refractivity (Wildman–Crippen MR) is 53.6 cm³/mol. The number of phenolic OH excluding ortho intramolecular Hbond substituents is 1. The van der Waals surface area contributed by atoms with Crippen molar-refractivity contribution >= 4 is 0 Å². The molecule has 0 radical (unpaired) electrons. The van der Waals surface area contributed by atoms with E-state index in [9.17, 15) is 5.11 Å². The molecule has 74 valence electrons. The van der Waals surface area contributed by atoms with Crippen molar-refractivity contribution in [1.29, 1.82) is 0 Å². The highest BCUT2D eigenvalue weighted by molar-refractivity contribution is 5.41. The standard InChI is InChI=1S/C12H14O2/c13-10-2-3-11-9(8-10)4-7-12(14-11)5-1-6-12/h2-3,8,13H,1,4-7H2. The molecule has 1 fully saturated rings. The summed E-state index contributed by atoms with van der Waals surface area (Å²) in [5.41, 5.74) is 1.31. The maximum absolute atomic E-state index is 9.33. The average Bonchev–Trinajstić information content (AvgIpc) is 2.15. The quantitative estimate of drug-likeness (QED) is 0.681. The van der Waals surface area contributed by atoms with Gasteiger partial charge in [-0.3, -0.25) is 0 Å². The molecule has 2 nitrogen and oxygen atoms in total. The van der Waals surface area contributed by atoms with Gasteiger partial charge in [-0.1, -0.05) is 0 Å². The number of aromatic hydroxyl groups is 1. The van der Waals surface area contributed by atoms with E-state index in [0.717, 1.165) is 24.2 Å². The van der Waals surface area contributed by atoms with E-state index in [4.69, 9.17) is 4.74 Å². The van der Waals surface area contributed by atoms with Gasteiger partial charge in [0, 0.05) is 0 Å². The number of rotatable bonds is 0. The van der Waals surface area contributed by atoms with Crippen LogP contribution in [0.25, 0.3) is 0 Å². The minimum absolute atomic E-state index is 0.157. The van der Waals surface area contributed by atoms with E-state index in [2.05, 4.69) is 0 Å². The summed E-state index contributed by atoms with van der Waals surface area (Å²) in [4.78, 5) is 0. The molecule has 1 aliphatic heterocycles. The first-order valence-electron chi connectivity index (χ1n) is 5.28. The molecule has 0 aromatic heterocycles. The van der Waals surface area contributed by atoms with E-state index in [0.29, 0.717) is 5.75 Å². The van der Waals surface area contributed by atoms with Gasteiger partial charge in [-0.25, -0.2) is 0 Å². The first kappa shape index (κ1) is 8.16. The summed E-state index contributed by atoms with van der Waals surface area (Å²) in [5.74, 6) is 1.32. The fourth-order valence-corrected chi connectivity index (χ4v) is 2.43. The Hall–Kier alpha value is -1.18. The summed E-state index contributed by atoms with van der Waals surface area (Å²) < 4.78 is 6.00. The second-order valence-corrected chi connectivity index (χ2v) is 4.43. The minimum Gasteiger partial charge on any atom is -0.508 e. The van der Waals surface area contributed by atoms with Crippen molar-refractivity contribution in [3.8, 4) is 11.5 Å². The molecule has 2 aliphatic rings. The number of hydrogen-bond donors (Lipinski definition) is 1. The van der Waals surface area contributed by atoms with E-state index < -0.39 is 0 Å². The maximum atomic E-state index is 9.33. The van der Waals surface area contributed by atoms with Gasteiger partial charge in [0.15, 0.2) is 0 Å². The van der Waals surface area contributed by atoms with Crippen molar-refractivity contribution in [2.24, 2.45) is 0 Å². The van der Waals surface area contributed by atoms with Gasteiger partial charge in [-0.05, 0) is 55.9 Å². The Kier molecular flexibility index (Phi) is 1.55. The largest absolute Gasteiger partial charge is 0.508 e. The lowest BCUT2D eigenvalue weighted by molar-refractivity contribution is -0.0250. The number of hydrogen-bond acceptors (Lipinski definition) is 2. The van der Waals surface area contributed by atoms with Crippen LogP contribution in [0.2, 0.25) is 0 Å². The number of benzene rings is 1. The van der Waals surface area contributed by atoms with Crippen molar-refractivity contribution in [1.82, 2.24) is 0 Å². The van der Waals surface area contributed by atoms with Crippen molar-refractivity contribution in [3.63, 3.8) is 0 Å². The third kappa shape index (κ3) is 1.10. The van der Waals surface area contributed by atoms with Crippen LogP contribution in [0, 0.1) is 0 Å². The Bertz CT molecular complexity index is 367. The van der Waals surface area contributed by atoms with Gasteiger partial charge < -0.3 is 9.84 Å². The Morgan fingerprint density at radius 2 is 2.07 bits per heavy atom. The number of phenols is 1. The lowest BCUT2D eigenvalue weighted by atomic mass is 9.74. The summed E-state index contributed by atoms with van der Waals surface area (Å²) in [5, 5.41) is 9.33. The molecule has 0 saturated heterocycles. The fourth-order valence-electron chi connectivity index (χ4n) is 2.43. The minimum atomic E-state index is 0.157. The van der Waals surface area contributed by atoms with Crippen LogP contribution in [0.1, 0.15) is 31.2 Å². The smallest absolute Gasteiger partial charge is 0.123 e. The fraction of sp³-hybridized carbons (Fsp3) is 0.500. The molecule has 0 unspecified atom stereocenters. The number of fused-ring (bicyclic) bond motifs is 1. The van der Waals surface area contributed by atoms with Crippen LogP contribution in [0.15, 0.2) is 18.2 Å². The van der Waals surface area contributed by atoms with Gasteiger partial charge in [0.2, 0.25) is 0 Å². The molecule has 2 heteroatoms. The zero-order valence-corrected chi connectivity index (χ0v) is 8.12. The van der Waals surface area contributed by atoms with Gasteiger partial charge in [-0.15, -0.1) is 0 Å². The van der Waals surface area contributed by atoms with E-state index in [1.165, 1.54) is 19.3 Å². The van der Waals surface area contributed by atoms with Gasteiger partial charge in [0.1, 0.15) is 17.1 Å². The Morgan fingerprint density at radius 1 is 1.21 bits per heavy atom. The Labute approximate surface area is 83.5 Å². The molecule has 0 amide bonds. The molecular formula is C12H14O2. The first-order chi connectivity index (χ1) is 6.77. The van der Waals surface area contributed by atoms with E-state index in [1.807, 2.05) is 12.1 Å². The van der Waals surface area contributed by atoms with Gasteiger partial charge in [0.25, 0.3) is 0 Å². The lowest BCUT2D eigenvalue weighted by Crippen LogP contribution is -2.45. The number of aryl methyl sites for hydroxylation is 1. The average molecular weight is 190 g/mol. The molecule has 1 aliphatic carbocycles. The van der Waals surface area contributed by atoms with Crippen molar-refractivity contribution in [3.05, 3.63) is 23.8 Å². The summed E-state index contributed by atoms with van der Waals surface area (Å²) in [7, 11) is 0. The summed E-state index contributed by atoms with van der Waals surface area (Å²) in [6.45, 7) is 0. The van der Waals surface area contributed by atoms with Gasteiger partial charge in [0.05, 0.1) is 0 Å². The monoisotopic (exact) mass is 190 g/mol. The van der Waals surface area contributed by atoms with Crippen LogP contribution < -0.4 is 4.74 Å². The van der Waals surface area contributed by atoms with Crippen molar-refractivity contribution in [2.75, 3.05) is 0 Å². The van der Waals surface area contributed by atoms with Gasteiger partial charge >= 0.3 is 0 Å². The zero-order chi connectivity index (χ0) is 9.60. The van der Waals surface area contributed by atoms with E-state index in [-0.39, 0.29) is 5.60 Å². The maximum Gasteiger partial charge on any atom is 0.123 e. The van der Waals surface area contributed by atoms with E-state index >= 15 is 0 Å². The third-order valence-corrected chi connectivity index (χ3v) is 3.49. The lowest BCUT2D eigenvalue weighted by Gasteiger charge is -2.45. The second kappa shape index (κ2) is 2.66. The third-order valence-electron chi connectivity index (χ3n) is 3.49. The van der Waals surface area contributed by atoms with Crippen molar-refractivity contribution < 1.29 is 9.84 Å².